The van der Waals surface area contributed by atoms with Crippen LogP contribution in [-0.4, -0.2) is 36.8 Å². The van der Waals surface area contributed by atoms with E-state index in [1.807, 2.05) is 17.8 Å². The lowest BCUT2D eigenvalue weighted by Gasteiger charge is -2.30. The molecule has 1 heterocycles. The molecule has 14 heavy (non-hydrogen) atoms. The van der Waals surface area contributed by atoms with Crippen LogP contribution < -0.4 is 5.32 Å². The fourth-order valence-electron chi connectivity index (χ4n) is 1.72. The van der Waals surface area contributed by atoms with Crippen LogP contribution in [0.25, 0.3) is 0 Å². The van der Waals surface area contributed by atoms with Gasteiger partial charge in [0.25, 0.3) is 0 Å². The van der Waals surface area contributed by atoms with E-state index in [1.165, 1.54) is 0 Å². The first kappa shape index (κ1) is 12.1. The van der Waals surface area contributed by atoms with Crippen molar-refractivity contribution in [3.8, 4) is 0 Å². The second kappa shape index (κ2) is 7.32. The molecule has 0 aliphatic carbocycles. The Bertz CT molecular complexity index is 157. The molecule has 1 aliphatic rings. The number of likely N-dealkylation sites (N-methyl/N-ethyl adjacent to an activating group) is 1. The molecule has 0 spiro atoms. The Balaban J connectivity index is 2.33. The smallest absolute Gasteiger partial charge is 0.0818 e. The molecule has 1 aliphatic heterocycles. The van der Waals surface area contributed by atoms with Crippen LogP contribution in [0.5, 0.6) is 0 Å². The van der Waals surface area contributed by atoms with Gasteiger partial charge in [0.15, 0.2) is 0 Å². The summed E-state index contributed by atoms with van der Waals surface area (Å²) >= 11 is 2.00. The molecule has 0 amide bonds. The summed E-state index contributed by atoms with van der Waals surface area (Å²) in [7, 11) is 0. The molecule has 0 saturated carbocycles. The van der Waals surface area contributed by atoms with Gasteiger partial charge in [-0.05, 0) is 19.4 Å². The molecule has 0 aromatic carbocycles. The summed E-state index contributed by atoms with van der Waals surface area (Å²) in [4.78, 5) is 0. The summed E-state index contributed by atoms with van der Waals surface area (Å²) in [6.45, 7) is 7.84. The molecule has 0 radical (unpaired) electrons. The molecular weight excluding hydrogens is 194 g/mol. The Kier molecular flexibility index (Phi) is 6.32. The van der Waals surface area contributed by atoms with E-state index in [1.54, 1.807) is 0 Å². The molecule has 2 nitrogen and oxygen atoms in total. The van der Waals surface area contributed by atoms with E-state index < -0.39 is 0 Å². The zero-order valence-corrected chi connectivity index (χ0v) is 9.81. The predicted octanol–water partition coefficient (Wildman–Crippen LogP) is 2.06. The van der Waals surface area contributed by atoms with E-state index in [-0.39, 0.29) is 0 Å². The fourth-order valence-corrected chi connectivity index (χ4v) is 2.66. The van der Waals surface area contributed by atoms with Crippen molar-refractivity contribution in [3.05, 3.63) is 12.7 Å². The third-order valence-corrected chi connectivity index (χ3v) is 3.46. The number of thioether (sulfide) groups is 1. The van der Waals surface area contributed by atoms with Crippen molar-refractivity contribution in [1.29, 1.82) is 0 Å². The van der Waals surface area contributed by atoms with Crippen LogP contribution in [0.4, 0.5) is 0 Å². The molecule has 3 heteroatoms. The topological polar surface area (TPSA) is 21.3 Å². The van der Waals surface area contributed by atoms with Gasteiger partial charge in [-0.15, -0.1) is 6.58 Å². The number of ether oxygens (including phenoxy) is 1. The van der Waals surface area contributed by atoms with Crippen molar-refractivity contribution in [2.75, 3.05) is 24.7 Å². The average molecular weight is 215 g/mol. The predicted molar refractivity (Wildman–Crippen MR) is 64.0 cm³/mol. The van der Waals surface area contributed by atoms with E-state index in [0.29, 0.717) is 12.1 Å². The van der Waals surface area contributed by atoms with E-state index in [2.05, 4.69) is 18.8 Å². The van der Waals surface area contributed by atoms with E-state index >= 15 is 0 Å². The highest BCUT2D eigenvalue weighted by Crippen LogP contribution is 2.18. The van der Waals surface area contributed by atoms with Crippen LogP contribution in [0.2, 0.25) is 0 Å². The number of nitrogens with one attached hydrogen (secondary N) is 1. The van der Waals surface area contributed by atoms with Gasteiger partial charge in [0, 0.05) is 17.5 Å². The highest BCUT2D eigenvalue weighted by molar-refractivity contribution is 7.99. The van der Waals surface area contributed by atoms with Gasteiger partial charge in [-0.1, -0.05) is 13.0 Å². The highest BCUT2D eigenvalue weighted by Gasteiger charge is 2.23. The first-order valence-corrected chi connectivity index (χ1v) is 6.57. The molecule has 1 fully saturated rings. The summed E-state index contributed by atoms with van der Waals surface area (Å²) in [5.41, 5.74) is 0. The second-order valence-electron chi connectivity index (χ2n) is 3.51. The lowest BCUT2D eigenvalue weighted by Crippen LogP contribution is -2.44. The Morgan fingerprint density at radius 3 is 3.14 bits per heavy atom. The molecule has 1 saturated heterocycles. The van der Waals surface area contributed by atoms with Gasteiger partial charge in [-0.3, -0.25) is 0 Å². The zero-order chi connectivity index (χ0) is 10.2. The molecule has 1 N–H and O–H groups in total. The third-order valence-electron chi connectivity index (χ3n) is 2.44. The minimum Gasteiger partial charge on any atom is -0.375 e. The first-order valence-electron chi connectivity index (χ1n) is 5.42. The van der Waals surface area contributed by atoms with Gasteiger partial charge in [-0.25, -0.2) is 0 Å². The molecular formula is C11H21NOS. The number of hydrogen-bond donors (Lipinski definition) is 1. The lowest BCUT2D eigenvalue weighted by molar-refractivity contribution is 0.0455. The third kappa shape index (κ3) is 4.03. The van der Waals surface area contributed by atoms with Crippen molar-refractivity contribution in [1.82, 2.24) is 5.32 Å². The van der Waals surface area contributed by atoms with Crippen molar-refractivity contribution in [2.45, 2.75) is 31.9 Å². The summed E-state index contributed by atoms with van der Waals surface area (Å²) in [5, 5.41) is 3.50. The number of hydrogen-bond acceptors (Lipinski definition) is 3. The Morgan fingerprint density at radius 1 is 1.71 bits per heavy atom. The Labute approximate surface area is 91.5 Å². The van der Waals surface area contributed by atoms with Crippen molar-refractivity contribution < 1.29 is 4.74 Å². The lowest BCUT2D eigenvalue weighted by atomic mass is 10.1. The van der Waals surface area contributed by atoms with Crippen LogP contribution in [-0.2, 0) is 4.74 Å². The van der Waals surface area contributed by atoms with Gasteiger partial charge in [0.05, 0.1) is 12.7 Å². The van der Waals surface area contributed by atoms with Crippen LogP contribution in [0.1, 0.15) is 19.8 Å². The maximum atomic E-state index is 5.77. The van der Waals surface area contributed by atoms with Gasteiger partial charge in [0.2, 0.25) is 0 Å². The van der Waals surface area contributed by atoms with Crippen molar-refractivity contribution in [3.63, 3.8) is 0 Å². The summed E-state index contributed by atoms with van der Waals surface area (Å²) in [6, 6.07) is 0.505. The van der Waals surface area contributed by atoms with Gasteiger partial charge < -0.3 is 10.1 Å². The molecule has 82 valence electrons. The van der Waals surface area contributed by atoms with Gasteiger partial charge in [0.1, 0.15) is 0 Å². The molecule has 0 bridgehead atoms. The molecule has 2 atom stereocenters. The second-order valence-corrected chi connectivity index (χ2v) is 4.66. The quantitative estimate of drug-likeness (QED) is 0.685. The van der Waals surface area contributed by atoms with Crippen LogP contribution in [0.3, 0.4) is 0 Å². The molecule has 0 aromatic heterocycles. The Hall–Kier alpha value is 0.01000. The first-order chi connectivity index (χ1) is 6.88. The highest BCUT2D eigenvalue weighted by atomic mass is 32.2. The number of allylic oxidation sites excluding steroid dienone is 1. The zero-order valence-electron chi connectivity index (χ0n) is 9.00. The van der Waals surface area contributed by atoms with Gasteiger partial charge in [-0.2, -0.15) is 11.8 Å². The molecule has 0 aromatic rings. The van der Waals surface area contributed by atoms with Crippen LogP contribution in [0, 0.1) is 0 Å². The summed E-state index contributed by atoms with van der Waals surface area (Å²) < 4.78 is 5.77. The van der Waals surface area contributed by atoms with E-state index in [4.69, 9.17) is 4.74 Å². The van der Waals surface area contributed by atoms with Crippen molar-refractivity contribution in [2.24, 2.45) is 0 Å². The molecule has 2 unspecified atom stereocenters. The maximum absolute atomic E-state index is 5.77. The van der Waals surface area contributed by atoms with E-state index in [0.717, 1.165) is 37.5 Å². The van der Waals surface area contributed by atoms with Crippen LogP contribution >= 0.6 is 11.8 Å². The van der Waals surface area contributed by atoms with Crippen LogP contribution in [0.15, 0.2) is 12.7 Å². The van der Waals surface area contributed by atoms with E-state index in [9.17, 15) is 0 Å². The fraction of sp³-hybridized carbons (Fsp3) is 0.818. The summed E-state index contributed by atoms with van der Waals surface area (Å²) in [6.07, 6.45) is 4.60. The van der Waals surface area contributed by atoms with Gasteiger partial charge >= 0.3 is 0 Å². The Morgan fingerprint density at radius 2 is 2.57 bits per heavy atom. The number of rotatable bonds is 6. The maximum Gasteiger partial charge on any atom is 0.0818 e. The standard InChI is InChI=1S/C11H21NOS/c1-3-5-6-10(12-4-2)11-9-14-8-7-13-11/h3,10-12H,1,4-9H2,2H3. The SMILES string of the molecule is C=CCCC(NCC)C1CSCCO1. The average Bonchev–Trinajstić information content (AvgIpc) is 2.25. The minimum absolute atomic E-state index is 0.397. The monoisotopic (exact) mass is 215 g/mol. The normalized spacial score (nSPS) is 24.5. The largest absolute Gasteiger partial charge is 0.375 e. The summed E-state index contributed by atoms with van der Waals surface area (Å²) in [5.74, 6) is 2.28. The minimum atomic E-state index is 0.397. The molecule has 1 rings (SSSR count). The van der Waals surface area contributed by atoms with Crippen molar-refractivity contribution >= 4 is 11.8 Å².